The van der Waals surface area contributed by atoms with Crippen LogP contribution in [0.25, 0.3) is 10.2 Å². The molecule has 0 spiro atoms. The van der Waals surface area contributed by atoms with Gasteiger partial charge in [-0.15, -0.1) is 11.3 Å². The summed E-state index contributed by atoms with van der Waals surface area (Å²) in [5.74, 6) is 0.374. The topological polar surface area (TPSA) is 74.3 Å². The lowest BCUT2D eigenvalue weighted by molar-refractivity contribution is -0.128. The summed E-state index contributed by atoms with van der Waals surface area (Å²) in [5, 5.41) is 6.54. The summed E-state index contributed by atoms with van der Waals surface area (Å²) in [7, 11) is 3.39. The molecule has 0 radical (unpaired) electrons. The third-order valence-electron chi connectivity index (χ3n) is 3.28. The van der Waals surface area contributed by atoms with Gasteiger partial charge in [0.05, 0.1) is 15.2 Å². The Morgan fingerprint density at radius 3 is 2.70 bits per heavy atom. The lowest BCUT2D eigenvalue weighted by Crippen LogP contribution is -2.33. The van der Waals surface area contributed by atoms with E-state index in [1.807, 2.05) is 18.2 Å². The van der Waals surface area contributed by atoms with Gasteiger partial charge in [-0.2, -0.15) is 0 Å². The number of urea groups is 1. The number of carbonyl (C=O) groups is 2. The van der Waals surface area contributed by atoms with Gasteiger partial charge in [0.15, 0.2) is 0 Å². The van der Waals surface area contributed by atoms with Gasteiger partial charge in [0.2, 0.25) is 5.91 Å². The predicted octanol–water partition coefficient (Wildman–Crippen LogP) is 3.02. The van der Waals surface area contributed by atoms with E-state index < -0.39 is 0 Å². The SMILES string of the molecule is CC(C)c1nc2ccc(NC(=O)NCCC(=O)N(C)C)cc2s1. The van der Waals surface area contributed by atoms with Crippen molar-refractivity contribution in [3.05, 3.63) is 23.2 Å². The average Bonchev–Trinajstić information content (AvgIpc) is 2.90. The molecular formula is C16H22N4O2S. The van der Waals surface area contributed by atoms with Crippen molar-refractivity contribution in [3.8, 4) is 0 Å². The molecule has 1 aromatic carbocycles. The fraction of sp³-hybridized carbons (Fsp3) is 0.438. The van der Waals surface area contributed by atoms with Gasteiger partial charge in [-0.1, -0.05) is 13.8 Å². The number of nitrogens with one attached hydrogen (secondary N) is 2. The summed E-state index contributed by atoms with van der Waals surface area (Å²) >= 11 is 1.64. The van der Waals surface area contributed by atoms with Gasteiger partial charge in [-0.3, -0.25) is 4.79 Å². The second kappa shape index (κ2) is 7.41. The van der Waals surface area contributed by atoms with E-state index in [9.17, 15) is 9.59 Å². The molecule has 7 heteroatoms. The van der Waals surface area contributed by atoms with Crippen molar-refractivity contribution in [2.45, 2.75) is 26.2 Å². The quantitative estimate of drug-likeness (QED) is 0.882. The summed E-state index contributed by atoms with van der Waals surface area (Å²) in [6.45, 7) is 4.53. The molecule has 2 N–H and O–H groups in total. The molecule has 2 aromatic rings. The van der Waals surface area contributed by atoms with Gasteiger partial charge < -0.3 is 15.5 Å². The molecule has 2 rings (SSSR count). The van der Waals surface area contributed by atoms with Crippen molar-refractivity contribution in [1.29, 1.82) is 0 Å². The molecule has 0 aliphatic rings. The van der Waals surface area contributed by atoms with Crippen LogP contribution in [0.4, 0.5) is 10.5 Å². The monoisotopic (exact) mass is 334 g/mol. The zero-order chi connectivity index (χ0) is 17.0. The van der Waals surface area contributed by atoms with Crippen LogP contribution in [0.1, 0.15) is 31.2 Å². The van der Waals surface area contributed by atoms with Crippen molar-refractivity contribution in [1.82, 2.24) is 15.2 Å². The highest BCUT2D eigenvalue weighted by Crippen LogP contribution is 2.29. The Balaban J connectivity index is 1.93. The Morgan fingerprint density at radius 2 is 2.04 bits per heavy atom. The lowest BCUT2D eigenvalue weighted by atomic mass is 10.2. The zero-order valence-corrected chi connectivity index (χ0v) is 14.7. The van der Waals surface area contributed by atoms with Crippen LogP contribution in [0, 0.1) is 0 Å². The first kappa shape index (κ1) is 17.2. The summed E-state index contributed by atoms with van der Waals surface area (Å²) < 4.78 is 1.05. The molecule has 124 valence electrons. The molecule has 1 heterocycles. The molecule has 0 bridgehead atoms. The molecule has 0 saturated carbocycles. The van der Waals surface area contributed by atoms with E-state index in [-0.39, 0.29) is 18.4 Å². The van der Waals surface area contributed by atoms with Crippen LogP contribution in [0.2, 0.25) is 0 Å². The Kier molecular flexibility index (Phi) is 5.54. The number of aromatic nitrogens is 1. The van der Waals surface area contributed by atoms with Gasteiger partial charge in [-0.25, -0.2) is 9.78 Å². The van der Waals surface area contributed by atoms with Crippen molar-refractivity contribution in [3.63, 3.8) is 0 Å². The molecule has 23 heavy (non-hydrogen) atoms. The number of hydrogen-bond donors (Lipinski definition) is 2. The molecule has 1 aromatic heterocycles. The predicted molar refractivity (Wildman–Crippen MR) is 94.0 cm³/mol. The number of benzene rings is 1. The number of fused-ring (bicyclic) bond motifs is 1. The smallest absolute Gasteiger partial charge is 0.319 e. The second-order valence-electron chi connectivity index (χ2n) is 5.81. The van der Waals surface area contributed by atoms with Gasteiger partial charge in [-0.05, 0) is 18.2 Å². The van der Waals surface area contributed by atoms with E-state index >= 15 is 0 Å². The Labute approximate surface area is 139 Å². The standard InChI is InChI=1S/C16H22N4O2S/c1-10(2)15-19-12-6-5-11(9-13(12)23-15)18-16(22)17-8-7-14(21)20(3)4/h5-6,9-10H,7-8H2,1-4H3,(H2,17,18,22). The van der Waals surface area contributed by atoms with E-state index in [1.54, 1.807) is 25.4 Å². The van der Waals surface area contributed by atoms with Crippen LogP contribution in [0.15, 0.2) is 18.2 Å². The minimum Gasteiger partial charge on any atom is -0.349 e. The van der Waals surface area contributed by atoms with Crippen LogP contribution in [0.3, 0.4) is 0 Å². The summed E-state index contributed by atoms with van der Waals surface area (Å²) in [4.78, 5) is 29.4. The number of amides is 3. The molecular weight excluding hydrogens is 312 g/mol. The van der Waals surface area contributed by atoms with Crippen LogP contribution >= 0.6 is 11.3 Å². The third kappa shape index (κ3) is 4.66. The normalized spacial score (nSPS) is 10.8. The molecule has 0 aliphatic heterocycles. The number of nitrogens with zero attached hydrogens (tertiary/aromatic N) is 2. The van der Waals surface area contributed by atoms with Crippen molar-refractivity contribution in [2.24, 2.45) is 0 Å². The highest BCUT2D eigenvalue weighted by Gasteiger charge is 2.09. The maximum absolute atomic E-state index is 11.9. The number of anilines is 1. The van der Waals surface area contributed by atoms with Gasteiger partial charge in [0, 0.05) is 38.7 Å². The third-order valence-corrected chi connectivity index (χ3v) is 4.60. The van der Waals surface area contributed by atoms with E-state index in [2.05, 4.69) is 29.5 Å². The maximum Gasteiger partial charge on any atom is 0.319 e. The Bertz CT molecular complexity index is 709. The van der Waals surface area contributed by atoms with Crippen molar-refractivity contribution in [2.75, 3.05) is 26.0 Å². The van der Waals surface area contributed by atoms with E-state index in [0.29, 0.717) is 18.2 Å². The van der Waals surface area contributed by atoms with E-state index in [4.69, 9.17) is 0 Å². The Morgan fingerprint density at radius 1 is 1.30 bits per heavy atom. The maximum atomic E-state index is 11.9. The highest BCUT2D eigenvalue weighted by atomic mass is 32.1. The minimum absolute atomic E-state index is 0.0161. The summed E-state index contributed by atoms with van der Waals surface area (Å²) in [6, 6.07) is 5.34. The summed E-state index contributed by atoms with van der Waals surface area (Å²) in [6.07, 6.45) is 0.284. The molecule has 0 atom stereocenters. The number of hydrogen-bond acceptors (Lipinski definition) is 4. The van der Waals surface area contributed by atoms with E-state index in [1.165, 1.54) is 4.90 Å². The number of rotatable bonds is 5. The first-order chi connectivity index (χ1) is 10.9. The first-order valence-corrected chi connectivity index (χ1v) is 8.34. The van der Waals surface area contributed by atoms with Crippen LogP contribution < -0.4 is 10.6 Å². The fourth-order valence-electron chi connectivity index (χ4n) is 1.95. The Hall–Kier alpha value is -2.15. The average molecular weight is 334 g/mol. The zero-order valence-electron chi connectivity index (χ0n) is 13.8. The summed E-state index contributed by atoms with van der Waals surface area (Å²) in [5.41, 5.74) is 1.66. The number of carbonyl (C=O) groups excluding carboxylic acids is 2. The van der Waals surface area contributed by atoms with Crippen LogP contribution in [-0.4, -0.2) is 42.5 Å². The minimum atomic E-state index is -0.315. The van der Waals surface area contributed by atoms with Crippen molar-refractivity contribution >= 4 is 39.2 Å². The lowest BCUT2D eigenvalue weighted by Gasteiger charge is -2.11. The van der Waals surface area contributed by atoms with Gasteiger partial charge in [0.25, 0.3) is 0 Å². The van der Waals surface area contributed by atoms with Gasteiger partial charge in [0.1, 0.15) is 0 Å². The molecule has 3 amide bonds. The fourth-order valence-corrected chi connectivity index (χ4v) is 2.96. The van der Waals surface area contributed by atoms with Crippen LogP contribution in [-0.2, 0) is 4.79 Å². The van der Waals surface area contributed by atoms with Crippen molar-refractivity contribution < 1.29 is 9.59 Å². The van der Waals surface area contributed by atoms with E-state index in [0.717, 1.165) is 15.2 Å². The molecule has 0 fully saturated rings. The molecule has 0 unspecified atom stereocenters. The van der Waals surface area contributed by atoms with Gasteiger partial charge >= 0.3 is 6.03 Å². The largest absolute Gasteiger partial charge is 0.349 e. The molecule has 0 saturated heterocycles. The number of thiazole rings is 1. The second-order valence-corrected chi connectivity index (χ2v) is 6.87. The van der Waals surface area contributed by atoms with Crippen LogP contribution in [0.5, 0.6) is 0 Å². The molecule has 0 aliphatic carbocycles. The molecule has 6 nitrogen and oxygen atoms in total. The first-order valence-electron chi connectivity index (χ1n) is 7.52. The highest BCUT2D eigenvalue weighted by molar-refractivity contribution is 7.18.